The lowest BCUT2D eigenvalue weighted by atomic mass is 9.65. The number of nitrogens with zero attached hydrogens (tertiary/aromatic N) is 3. The molecule has 1 aromatic heterocycles. The summed E-state index contributed by atoms with van der Waals surface area (Å²) in [5, 5.41) is 3.38. The van der Waals surface area contributed by atoms with Crippen LogP contribution in [0.15, 0.2) is 36.7 Å². The summed E-state index contributed by atoms with van der Waals surface area (Å²) in [7, 11) is 0. The van der Waals surface area contributed by atoms with E-state index in [1.54, 1.807) is 6.33 Å². The second kappa shape index (κ2) is 6.15. The Hall–Kier alpha value is -2.30. The number of fused-ring (bicyclic) bond motifs is 2. The molecule has 2 bridgehead atoms. The third-order valence-corrected chi connectivity index (χ3v) is 5.85. The van der Waals surface area contributed by atoms with Gasteiger partial charge in [0.1, 0.15) is 12.0 Å². The number of nitrogens with one attached hydrogen (secondary N) is 1. The van der Waals surface area contributed by atoms with Crippen LogP contribution in [0, 0.1) is 10.8 Å². The van der Waals surface area contributed by atoms with Crippen molar-refractivity contribution in [2.75, 3.05) is 22.5 Å². The predicted molar refractivity (Wildman–Crippen MR) is 107 cm³/mol. The maximum atomic E-state index is 6.49. The normalized spacial score (nSPS) is 26.7. The van der Waals surface area contributed by atoms with Gasteiger partial charge in [-0.2, -0.15) is 0 Å². The zero-order chi connectivity index (χ0) is 18.4. The van der Waals surface area contributed by atoms with Crippen LogP contribution in [-0.2, 0) is 6.54 Å². The molecule has 0 radical (unpaired) electrons. The molecule has 2 heterocycles. The molecule has 1 saturated heterocycles. The van der Waals surface area contributed by atoms with Gasteiger partial charge in [0.2, 0.25) is 0 Å². The Labute approximate surface area is 156 Å². The minimum atomic E-state index is 0.349. The lowest BCUT2D eigenvalue weighted by Crippen LogP contribution is -2.35. The molecule has 1 aromatic carbocycles. The van der Waals surface area contributed by atoms with Crippen molar-refractivity contribution in [3.8, 4) is 0 Å². The van der Waals surface area contributed by atoms with Gasteiger partial charge in [-0.05, 0) is 35.7 Å². The second-order valence-corrected chi connectivity index (χ2v) is 9.14. The fraction of sp³-hybridized carbons (Fsp3) is 0.524. The van der Waals surface area contributed by atoms with E-state index >= 15 is 0 Å². The quantitative estimate of drug-likeness (QED) is 0.869. The summed E-state index contributed by atoms with van der Waals surface area (Å²) in [6, 6.07) is 10.8. The number of rotatable bonds is 4. The van der Waals surface area contributed by atoms with E-state index in [0.29, 0.717) is 29.1 Å². The van der Waals surface area contributed by atoms with Crippen LogP contribution >= 0.6 is 0 Å². The predicted octanol–water partition coefficient (Wildman–Crippen LogP) is 4.08. The highest BCUT2D eigenvalue weighted by atomic mass is 15.3. The molecule has 2 aliphatic rings. The summed E-state index contributed by atoms with van der Waals surface area (Å²) in [6.07, 6.45) is 5.32. The summed E-state index contributed by atoms with van der Waals surface area (Å²) in [6.45, 7) is 8.91. The summed E-state index contributed by atoms with van der Waals surface area (Å²) < 4.78 is 0. The van der Waals surface area contributed by atoms with Gasteiger partial charge in [-0.25, -0.2) is 9.97 Å². The van der Waals surface area contributed by atoms with Gasteiger partial charge in [0.25, 0.3) is 0 Å². The molecule has 5 nitrogen and oxygen atoms in total. The number of benzene rings is 1. The van der Waals surface area contributed by atoms with Crippen LogP contribution in [-0.4, -0.2) is 22.6 Å². The first-order chi connectivity index (χ1) is 12.4. The zero-order valence-electron chi connectivity index (χ0n) is 16.0. The molecular formula is C21H29N5. The molecule has 3 N–H and O–H groups in total. The minimum absolute atomic E-state index is 0.349. The van der Waals surface area contributed by atoms with Crippen molar-refractivity contribution in [1.29, 1.82) is 0 Å². The highest BCUT2D eigenvalue weighted by molar-refractivity contribution is 5.75. The van der Waals surface area contributed by atoms with Crippen molar-refractivity contribution in [1.82, 2.24) is 9.97 Å². The SMILES string of the molecule is CC1(C)CC2CC(C)(CN2c2ncnc(NCc3ccccc3)c2N)C1. The van der Waals surface area contributed by atoms with Crippen molar-refractivity contribution in [3.63, 3.8) is 0 Å². The summed E-state index contributed by atoms with van der Waals surface area (Å²) >= 11 is 0. The van der Waals surface area contributed by atoms with E-state index < -0.39 is 0 Å². The maximum Gasteiger partial charge on any atom is 0.157 e. The molecule has 26 heavy (non-hydrogen) atoms. The summed E-state index contributed by atoms with van der Waals surface area (Å²) in [5.41, 5.74) is 9.09. The number of nitrogens with two attached hydrogens (primary N) is 1. The van der Waals surface area contributed by atoms with Crippen molar-refractivity contribution in [2.24, 2.45) is 10.8 Å². The van der Waals surface area contributed by atoms with Gasteiger partial charge in [-0.15, -0.1) is 0 Å². The van der Waals surface area contributed by atoms with Gasteiger partial charge in [0, 0.05) is 19.1 Å². The van der Waals surface area contributed by atoms with E-state index in [9.17, 15) is 0 Å². The number of aromatic nitrogens is 2. The van der Waals surface area contributed by atoms with Gasteiger partial charge in [0.05, 0.1) is 0 Å². The Balaban J connectivity index is 1.56. The number of hydrogen-bond acceptors (Lipinski definition) is 5. The van der Waals surface area contributed by atoms with Crippen molar-refractivity contribution < 1.29 is 0 Å². The molecule has 1 saturated carbocycles. The Morgan fingerprint density at radius 3 is 2.69 bits per heavy atom. The van der Waals surface area contributed by atoms with E-state index in [-0.39, 0.29) is 0 Å². The first kappa shape index (κ1) is 17.1. The Morgan fingerprint density at radius 1 is 1.15 bits per heavy atom. The van der Waals surface area contributed by atoms with Crippen LogP contribution < -0.4 is 16.0 Å². The topological polar surface area (TPSA) is 67.1 Å². The molecule has 2 aromatic rings. The molecule has 5 heteroatoms. The smallest absolute Gasteiger partial charge is 0.157 e. The average Bonchev–Trinajstić information content (AvgIpc) is 2.83. The standard InChI is InChI=1S/C21H29N5/c1-20(2)9-16-10-21(3,12-20)13-26(16)19-17(22)18(24-14-25-19)23-11-15-7-5-4-6-8-15/h4-8,14,16H,9-13,22H2,1-3H3,(H,23,24,25). The van der Waals surface area contributed by atoms with E-state index in [4.69, 9.17) is 5.73 Å². The molecule has 4 rings (SSSR count). The number of anilines is 3. The third-order valence-electron chi connectivity index (χ3n) is 5.85. The lowest BCUT2D eigenvalue weighted by Gasteiger charge is -2.39. The van der Waals surface area contributed by atoms with Crippen molar-refractivity contribution in [3.05, 3.63) is 42.2 Å². The molecular weight excluding hydrogens is 322 g/mol. The van der Waals surface area contributed by atoms with Crippen molar-refractivity contribution >= 4 is 17.3 Å². The zero-order valence-corrected chi connectivity index (χ0v) is 16.0. The van der Waals surface area contributed by atoms with Crippen LogP contribution in [0.1, 0.15) is 45.6 Å². The molecule has 0 spiro atoms. The number of nitrogen functional groups attached to an aromatic ring is 1. The van der Waals surface area contributed by atoms with Gasteiger partial charge < -0.3 is 16.0 Å². The van der Waals surface area contributed by atoms with Gasteiger partial charge >= 0.3 is 0 Å². The van der Waals surface area contributed by atoms with Gasteiger partial charge in [-0.3, -0.25) is 0 Å². The minimum Gasteiger partial charge on any atom is -0.393 e. The van der Waals surface area contributed by atoms with E-state index in [0.717, 1.165) is 18.2 Å². The Kier molecular flexibility index (Phi) is 4.05. The summed E-state index contributed by atoms with van der Waals surface area (Å²) in [5.74, 6) is 1.62. The Bertz CT molecular complexity index is 788. The maximum absolute atomic E-state index is 6.49. The largest absolute Gasteiger partial charge is 0.393 e. The van der Waals surface area contributed by atoms with Crippen LogP contribution in [0.3, 0.4) is 0 Å². The van der Waals surface area contributed by atoms with E-state index in [1.807, 2.05) is 18.2 Å². The monoisotopic (exact) mass is 351 g/mol. The molecule has 1 aliphatic heterocycles. The molecule has 1 aliphatic carbocycles. The van der Waals surface area contributed by atoms with Crippen molar-refractivity contribution in [2.45, 2.75) is 52.6 Å². The first-order valence-corrected chi connectivity index (χ1v) is 9.50. The molecule has 138 valence electrons. The van der Waals surface area contributed by atoms with Crippen LogP contribution in [0.2, 0.25) is 0 Å². The molecule has 2 fully saturated rings. The van der Waals surface area contributed by atoms with Gasteiger partial charge in [0.15, 0.2) is 11.6 Å². The van der Waals surface area contributed by atoms with E-state index in [2.05, 4.69) is 53.1 Å². The molecule has 2 unspecified atom stereocenters. The first-order valence-electron chi connectivity index (χ1n) is 9.50. The number of hydrogen-bond donors (Lipinski definition) is 2. The Morgan fingerprint density at radius 2 is 1.92 bits per heavy atom. The second-order valence-electron chi connectivity index (χ2n) is 9.14. The fourth-order valence-electron chi connectivity index (χ4n) is 5.25. The van der Waals surface area contributed by atoms with Crippen LogP contribution in [0.25, 0.3) is 0 Å². The van der Waals surface area contributed by atoms with E-state index in [1.165, 1.54) is 24.8 Å². The lowest BCUT2D eigenvalue weighted by molar-refractivity contribution is 0.136. The van der Waals surface area contributed by atoms with Gasteiger partial charge in [-0.1, -0.05) is 51.1 Å². The highest BCUT2D eigenvalue weighted by Gasteiger charge is 2.50. The highest BCUT2D eigenvalue weighted by Crippen LogP contribution is 2.53. The fourth-order valence-corrected chi connectivity index (χ4v) is 5.25. The summed E-state index contributed by atoms with van der Waals surface area (Å²) in [4.78, 5) is 11.4. The average molecular weight is 351 g/mol. The third kappa shape index (κ3) is 3.22. The van der Waals surface area contributed by atoms with Crippen LogP contribution in [0.4, 0.5) is 17.3 Å². The molecule has 2 atom stereocenters. The molecule has 0 amide bonds. The van der Waals surface area contributed by atoms with Crippen LogP contribution in [0.5, 0.6) is 0 Å².